The Labute approximate surface area is 232 Å². The Morgan fingerprint density at radius 2 is 1.62 bits per heavy atom. The molecule has 12 nitrogen and oxygen atoms in total. The first-order valence-corrected chi connectivity index (χ1v) is 13.5. The highest BCUT2D eigenvalue weighted by Gasteiger charge is 2.42. The second kappa shape index (κ2) is 17.1. The van der Waals surface area contributed by atoms with Crippen LogP contribution in [0.5, 0.6) is 0 Å². The molecule has 0 aliphatic carbocycles. The molecule has 1 rings (SSSR count). The van der Waals surface area contributed by atoms with E-state index in [9.17, 15) is 24.9 Å². The van der Waals surface area contributed by atoms with E-state index in [1.807, 2.05) is 34.6 Å². The Morgan fingerprint density at radius 1 is 0.923 bits per heavy atom. The first-order chi connectivity index (χ1) is 18.2. The molecule has 0 unspecified atom stereocenters. The van der Waals surface area contributed by atoms with Gasteiger partial charge in [-0.2, -0.15) is 0 Å². The molecule has 1 aliphatic rings. The van der Waals surface area contributed by atoms with Gasteiger partial charge in [0.05, 0.1) is 37.3 Å². The molecule has 1 aliphatic heterocycles. The fourth-order valence-electron chi connectivity index (χ4n) is 3.54. The van der Waals surface area contributed by atoms with Crippen LogP contribution in [0.2, 0.25) is 0 Å². The van der Waals surface area contributed by atoms with E-state index in [0.717, 1.165) is 0 Å². The molecule has 0 radical (unpaired) electrons. The lowest BCUT2D eigenvalue weighted by Crippen LogP contribution is -2.57. The van der Waals surface area contributed by atoms with Gasteiger partial charge in [0, 0.05) is 25.1 Å². The number of allylic oxidation sites excluding steroid dienone is 2. The van der Waals surface area contributed by atoms with Crippen LogP contribution in [-0.4, -0.2) is 110 Å². The van der Waals surface area contributed by atoms with E-state index in [0.29, 0.717) is 38.3 Å². The summed E-state index contributed by atoms with van der Waals surface area (Å²) in [4.78, 5) is 24.5. The van der Waals surface area contributed by atoms with Crippen LogP contribution < -0.4 is 10.6 Å². The summed E-state index contributed by atoms with van der Waals surface area (Å²) < 4.78 is 27.5. The largest absolute Gasteiger partial charge is 0.489 e. The Balaban J connectivity index is 2.18. The molecule has 5 N–H and O–H groups in total. The van der Waals surface area contributed by atoms with Crippen molar-refractivity contribution in [2.24, 2.45) is 5.41 Å². The highest BCUT2D eigenvalue weighted by Crippen LogP contribution is 2.23. The van der Waals surface area contributed by atoms with Gasteiger partial charge in [0.1, 0.15) is 18.3 Å². The molecule has 1 fully saturated rings. The fourth-order valence-corrected chi connectivity index (χ4v) is 3.54. The van der Waals surface area contributed by atoms with Crippen LogP contribution in [0, 0.1) is 5.41 Å². The lowest BCUT2D eigenvalue weighted by molar-refractivity contribution is -0.294. The van der Waals surface area contributed by atoms with Crippen LogP contribution in [0.3, 0.4) is 0 Å². The van der Waals surface area contributed by atoms with E-state index in [1.54, 1.807) is 19.9 Å². The highest BCUT2D eigenvalue weighted by atomic mass is 16.7. The van der Waals surface area contributed by atoms with Crippen molar-refractivity contribution in [2.75, 3.05) is 46.1 Å². The van der Waals surface area contributed by atoms with Gasteiger partial charge in [-0.3, -0.25) is 9.59 Å². The van der Waals surface area contributed by atoms with Crippen molar-refractivity contribution in [2.45, 2.75) is 97.6 Å². The van der Waals surface area contributed by atoms with Crippen molar-refractivity contribution in [3.63, 3.8) is 0 Å². The molecule has 12 heteroatoms. The van der Waals surface area contributed by atoms with Gasteiger partial charge in [-0.15, -0.1) is 0 Å². The minimum absolute atomic E-state index is 0.0186. The first kappa shape index (κ1) is 35.2. The van der Waals surface area contributed by atoms with Crippen LogP contribution in [0.15, 0.2) is 11.8 Å². The number of aliphatic hydroxyl groups excluding tert-OH is 3. The van der Waals surface area contributed by atoms with Crippen LogP contribution in [0.25, 0.3) is 0 Å². The second-order valence-electron chi connectivity index (χ2n) is 11.0. The molecule has 39 heavy (non-hydrogen) atoms. The van der Waals surface area contributed by atoms with Crippen molar-refractivity contribution in [3.8, 4) is 0 Å². The summed E-state index contributed by atoms with van der Waals surface area (Å²) in [6, 6.07) is 0. The van der Waals surface area contributed by atoms with Gasteiger partial charge in [0.25, 0.3) is 5.91 Å². The quantitative estimate of drug-likeness (QED) is 0.118. The molecule has 1 saturated heterocycles. The Bertz CT molecular complexity index is 774. The molecule has 2 amide bonds. The van der Waals surface area contributed by atoms with Crippen LogP contribution in [-0.2, 0) is 33.3 Å². The van der Waals surface area contributed by atoms with Crippen LogP contribution in [0.4, 0.5) is 0 Å². The van der Waals surface area contributed by atoms with Gasteiger partial charge in [0.2, 0.25) is 5.91 Å². The number of nitrogens with one attached hydrogen (secondary N) is 2. The lowest BCUT2D eigenvalue weighted by Gasteiger charge is -2.38. The minimum Gasteiger partial charge on any atom is -0.489 e. The van der Waals surface area contributed by atoms with Crippen molar-refractivity contribution >= 4 is 11.8 Å². The molecule has 228 valence electrons. The maximum Gasteiger partial charge on any atom is 0.257 e. The summed E-state index contributed by atoms with van der Waals surface area (Å²) in [6.07, 6.45) is -2.69. The van der Waals surface area contributed by atoms with Crippen molar-refractivity contribution in [1.82, 2.24) is 10.6 Å². The highest BCUT2D eigenvalue weighted by molar-refractivity contribution is 5.81. The number of ether oxygens (including phenoxy) is 5. The molecule has 0 spiro atoms. The third kappa shape index (κ3) is 13.4. The monoisotopic (exact) mass is 562 g/mol. The summed E-state index contributed by atoms with van der Waals surface area (Å²) in [5.41, 5.74) is -1.11. The molecule has 0 bridgehead atoms. The molecular weight excluding hydrogens is 512 g/mol. The number of carbonyl (C=O) groups excluding carboxylic acids is 2. The average molecular weight is 563 g/mol. The summed E-state index contributed by atoms with van der Waals surface area (Å²) in [5, 5.41) is 35.1. The Hall–Kier alpha value is -1.80. The fraction of sp³-hybridized carbons (Fsp3) is 0.852. The van der Waals surface area contributed by atoms with Gasteiger partial charge >= 0.3 is 0 Å². The van der Waals surface area contributed by atoms with Crippen molar-refractivity contribution in [3.05, 3.63) is 11.8 Å². The zero-order chi connectivity index (χ0) is 29.6. The van der Waals surface area contributed by atoms with Crippen molar-refractivity contribution < 1.29 is 48.6 Å². The third-order valence-electron chi connectivity index (χ3n) is 6.57. The molecule has 5 atom stereocenters. The van der Waals surface area contributed by atoms with E-state index in [-0.39, 0.29) is 38.2 Å². The van der Waals surface area contributed by atoms with Crippen molar-refractivity contribution in [1.29, 1.82) is 0 Å². The molecule has 0 aromatic carbocycles. The smallest absolute Gasteiger partial charge is 0.257 e. The predicted octanol–water partition coefficient (Wildman–Crippen LogP) is 0.621. The molecule has 0 saturated carbocycles. The number of rotatable bonds is 18. The van der Waals surface area contributed by atoms with E-state index < -0.39 is 41.7 Å². The lowest BCUT2D eigenvalue weighted by atomic mass is 9.88. The zero-order valence-electron chi connectivity index (χ0n) is 24.5. The number of carbonyl (C=O) groups is 2. The Kier molecular flexibility index (Phi) is 15.5. The molecular formula is C27H50N2O10. The van der Waals surface area contributed by atoms with Gasteiger partial charge < -0.3 is 49.6 Å². The number of aliphatic hydroxyl groups is 3. The van der Waals surface area contributed by atoms with Crippen LogP contribution >= 0.6 is 0 Å². The third-order valence-corrected chi connectivity index (χ3v) is 6.57. The minimum atomic E-state index is -1.36. The number of hydrogen-bond acceptors (Lipinski definition) is 10. The number of hydrogen-bond donors (Lipinski definition) is 5. The molecule has 1 heterocycles. The number of amides is 2. The molecule has 0 aromatic heterocycles. The molecule has 0 aromatic rings. The second-order valence-corrected chi connectivity index (χ2v) is 11.0. The summed E-state index contributed by atoms with van der Waals surface area (Å²) in [7, 11) is 0. The normalized spacial score (nSPS) is 24.4. The average Bonchev–Trinajstić information content (AvgIpc) is 2.87. The SMILES string of the molecule is C/C=C(\C)OCC(=O)NCCC(C)(C)OCCC(C)(C)C(=O)NCCOCCO[C@@H]1O[C@@H](C)[C@H](O)[C@@H](O)[C@H]1O. The van der Waals surface area contributed by atoms with E-state index in [2.05, 4.69) is 10.6 Å². The maximum atomic E-state index is 12.6. The van der Waals surface area contributed by atoms with Gasteiger partial charge in [-0.05, 0) is 53.5 Å². The van der Waals surface area contributed by atoms with E-state index in [4.69, 9.17) is 23.7 Å². The summed E-state index contributed by atoms with van der Waals surface area (Å²) in [6.45, 7) is 14.5. The van der Waals surface area contributed by atoms with Gasteiger partial charge in [-0.25, -0.2) is 0 Å². The topological polar surface area (TPSA) is 165 Å². The summed E-state index contributed by atoms with van der Waals surface area (Å²) >= 11 is 0. The standard InChI is InChI=1S/C27H50N2O10/c1-8-18(2)37-17-20(30)28-11-9-27(6,7)38-13-10-26(4,5)25(34)29-12-14-35-15-16-36-24-23(33)22(32)21(31)19(3)39-24/h8,19,21-24,31-33H,9-17H2,1-7H3,(H,28,30)(H,29,34)/b18-8+/t19-,21-,22+,23+,24+/m0/s1. The first-order valence-electron chi connectivity index (χ1n) is 13.5. The maximum absolute atomic E-state index is 12.6. The van der Waals surface area contributed by atoms with E-state index in [1.165, 1.54) is 0 Å². The zero-order valence-corrected chi connectivity index (χ0v) is 24.5. The van der Waals surface area contributed by atoms with Gasteiger partial charge in [-0.1, -0.05) is 13.8 Å². The summed E-state index contributed by atoms with van der Waals surface area (Å²) in [5.74, 6) is 0.394. The Morgan fingerprint density at radius 3 is 2.28 bits per heavy atom. The predicted molar refractivity (Wildman–Crippen MR) is 144 cm³/mol. The van der Waals surface area contributed by atoms with Gasteiger partial charge in [0.15, 0.2) is 12.9 Å². The van der Waals surface area contributed by atoms with E-state index >= 15 is 0 Å². The van der Waals surface area contributed by atoms with Crippen LogP contribution in [0.1, 0.15) is 61.3 Å².